The van der Waals surface area contributed by atoms with E-state index in [-0.39, 0.29) is 11.9 Å². The third kappa shape index (κ3) is 3.95. The number of carbonyl (C=O) groups is 2. The summed E-state index contributed by atoms with van der Waals surface area (Å²) in [6.45, 7) is 2.81. The lowest BCUT2D eigenvalue weighted by atomic mass is 10.2. The van der Waals surface area contributed by atoms with Crippen molar-refractivity contribution >= 4 is 11.9 Å². The monoisotopic (exact) mass is 327 g/mol. The summed E-state index contributed by atoms with van der Waals surface area (Å²) >= 11 is 0. The fraction of sp³-hybridized carbons (Fsp3) is 0.333. The first-order valence-corrected chi connectivity index (χ1v) is 8.13. The van der Waals surface area contributed by atoms with E-state index in [1.165, 1.54) is 6.26 Å². The molecule has 6 heteroatoms. The minimum atomic E-state index is -0.119. The molecule has 0 bridgehead atoms. The minimum absolute atomic E-state index is 0.0915. The number of carbonyl (C=O) groups excluding carboxylic acids is 2. The predicted octanol–water partition coefficient (Wildman–Crippen LogP) is 2.34. The Morgan fingerprint density at radius 2 is 1.71 bits per heavy atom. The number of hydrogen-bond acceptors (Lipinski definition) is 3. The van der Waals surface area contributed by atoms with Gasteiger partial charge in [-0.1, -0.05) is 30.3 Å². The van der Waals surface area contributed by atoms with E-state index < -0.39 is 0 Å². The Balaban J connectivity index is 1.51. The van der Waals surface area contributed by atoms with Crippen LogP contribution in [0.4, 0.5) is 4.79 Å². The molecule has 0 atom stereocenters. The molecule has 1 N–H and O–H groups in total. The van der Waals surface area contributed by atoms with E-state index in [1.54, 1.807) is 21.9 Å². The van der Waals surface area contributed by atoms with E-state index in [2.05, 4.69) is 5.32 Å². The Kier molecular flexibility index (Phi) is 5.15. The second-order valence-corrected chi connectivity index (χ2v) is 5.75. The number of hydrogen-bond donors (Lipinski definition) is 1. The maximum absolute atomic E-state index is 12.3. The predicted molar refractivity (Wildman–Crippen MR) is 89.5 cm³/mol. The van der Waals surface area contributed by atoms with Crippen molar-refractivity contribution in [2.45, 2.75) is 13.0 Å². The van der Waals surface area contributed by atoms with E-state index in [0.717, 1.165) is 12.0 Å². The Morgan fingerprint density at radius 1 is 0.958 bits per heavy atom. The molecule has 1 fully saturated rings. The van der Waals surface area contributed by atoms with Crippen LogP contribution in [0.1, 0.15) is 22.5 Å². The molecule has 1 aromatic carbocycles. The van der Waals surface area contributed by atoms with Crippen molar-refractivity contribution in [3.05, 3.63) is 60.1 Å². The number of nitrogens with one attached hydrogen (secondary N) is 1. The summed E-state index contributed by atoms with van der Waals surface area (Å²) in [5, 5.41) is 2.93. The van der Waals surface area contributed by atoms with E-state index >= 15 is 0 Å². The van der Waals surface area contributed by atoms with Gasteiger partial charge >= 0.3 is 6.03 Å². The number of benzene rings is 1. The molecule has 0 saturated carbocycles. The molecule has 6 nitrogen and oxygen atoms in total. The van der Waals surface area contributed by atoms with Gasteiger partial charge in [-0.2, -0.15) is 0 Å². The molecule has 0 spiro atoms. The molecule has 3 rings (SSSR count). The van der Waals surface area contributed by atoms with Crippen LogP contribution >= 0.6 is 0 Å². The first kappa shape index (κ1) is 16.1. The van der Waals surface area contributed by atoms with Crippen molar-refractivity contribution in [2.24, 2.45) is 0 Å². The third-order valence-electron chi connectivity index (χ3n) is 4.09. The molecule has 1 saturated heterocycles. The van der Waals surface area contributed by atoms with Crippen LogP contribution in [0.5, 0.6) is 0 Å². The van der Waals surface area contributed by atoms with Gasteiger partial charge < -0.3 is 19.5 Å². The summed E-state index contributed by atoms with van der Waals surface area (Å²) in [5.74, 6) is 0.225. The first-order valence-electron chi connectivity index (χ1n) is 8.13. The van der Waals surface area contributed by atoms with E-state index in [1.807, 2.05) is 30.3 Å². The topological polar surface area (TPSA) is 65.8 Å². The molecule has 0 unspecified atom stereocenters. The molecule has 1 aliphatic rings. The van der Waals surface area contributed by atoms with Gasteiger partial charge in [0.05, 0.1) is 6.26 Å². The van der Waals surface area contributed by atoms with Gasteiger partial charge in [0.1, 0.15) is 0 Å². The van der Waals surface area contributed by atoms with Crippen molar-refractivity contribution in [1.29, 1.82) is 0 Å². The number of amides is 3. The van der Waals surface area contributed by atoms with E-state index in [0.29, 0.717) is 38.5 Å². The number of furan rings is 1. The molecule has 24 heavy (non-hydrogen) atoms. The van der Waals surface area contributed by atoms with E-state index in [9.17, 15) is 9.59 Å². The molecule has 3 amide bonds. The Bertz CT molecular complexity index is 670. The Morgan fingerprint density at radius 3 is 2.46 bits per heavy atom. The van der Waals surface area contributed by atoms with Crippen LogP contribution in [0.15, 0.2) is 53.1 Å². The maximum Gasteiger partial charge on any atom is 0.317 e. The van der Waals surface area contributed by atoms with Crippen LogP contribution in [0.3, 0.4) is 0 Å². The van der Waals surface area contributed by atoms with Crippen LogP contribution in [0.25, 0.3) is 0 Å². The summed E-state index contributed by atoms with van der Waals surface area (Å²) in [4.78, 5) is 28.1. The van der Waals surface area contributed by atoms with Crippen molar-refractivity contribution < 1.29 is 14.0 Å². The lowest BCUT2D eigenvalue weighted by Gasteiger charge is -2.22. The Labute approximate surface area is 141 Å². The van der Waals surface area contributed by atoms with Gasteiger partial charge in [-0.25, -0.2) is 4.79 Å². The molecule has 1 aromatic heterocycles. The normalized spacial score (nSPS) is 15.0. The molecular weight excluding hydrogens is 306 g/mol. The molecule has 1 aliphatic heterocycles. The molecule has 0 radical (unpaired) electrons. The largest absolute Gasteiger partial charge is 0.459 e. The summed E-state index contributed by atoms with van der Waals surface area (Å²) < 4.78 is 5.17. The minimum Gasteiger partial charge on any atom is -0.459 e. The highest BCUT2D eigenvalue weighted by Crippen LogP contribution is 2.10. The number of nitrogens with zero attached hydrogens (tertiary/aromatic N) is 2. The highest BCUT2D eigenvalue weighted by molar-refractivity contribution is 5.91. The smallest absolute Gasteiger partial charge is 0.317 e. The molecule has 126 valence electrons. The van der Waals surface area contributed by atoms with Crippen molar-refractivity contribution in [1.82, 2.24) is 15.1 Å². The zero-order chi connectivity index (χ0) is 16.8. The average Bonchev–Trinajstić information content (AvgIpc) is 3.04. The van der Waals surface area contributed by atoms with E-state index in [4.69, 9.17) is 4.42 Å². The summed E-state index contributed by atoms with van der Waals surface area (Å²) in [6, 6.07) is 13.1. The van der Waals surface area contributed by atoms with Crippen LogP contribution in [-0.2, 0) is 6.54 Å². The van der Waals surface area contributed by atoms with Gasteiger partial charge in [-0.15, -0.1) is 0 Å². The zero-order valence-corrected chi connectivity index (χ0v) is 13.5. The molecule has 2 aromatic rings. The van der Waals surface area contributed by atoms with Gasteiger partial charge in [0.15, 0.2) is 5.76 Å². The highest BCUT2D eigenvalue weighted by Gasteiger charge is 2.23. The standard InChI is InChI=1S/C18H21N3O3/c22-17(16-8-4-13-24-16)20-9-5-10-21(12-11-20)18(23)19-14-15-6-2-1-3-7-15/h1-4,6-8,13H,5,9-12,14H2,(H,19,23). The summed E-state index contributed by atoms with van der Waals surface area (Å²) in [6.07, 6.45) is 2.25. The van der Waals surface area contributed by atoms with Gasteiger partial charge in [0.25, 0.3) is 5.91 Å². The molecular formula is C18H21N3O3. The molecule has 0 aliphatic carbocycles. The second kappa shape index (κ2) is 7.68. The fourth-order valence-corrected chi connectivity index (χ4v) is 2.77. The van der Waals surface area contributed by atoms with Crippen LogP contribution in [-0.4, -0.2) is 47.9 Å². The van der Waals surface area contributed by atoms with Crippen LogP contribution < -0.4 is 5.32 Å². The lowest BCUT2D eigenvalue weighted by Crippen LogP contribution is -2.42. The quantitative estimate of drug-likeness (QED) is 0.941. The van der Waals surface area contributed by atoms with Crippen LogP contribution in [0.2, 0.25) is 0 Å². The molecule has 2 heterocycles. The number of urea groups is 1. The van der Waals surface area contributed by atoms with Gasteiger partial charge in [0, 0.05) is 32.7 Å². The SMILES string of the molecule is O=C(NCc1ccccc1)N1CCCN(C(=O)c2ccco2)CC1. The Hall–Kier alpha value is -2.76. The fourth-order valence-electron chi connectivity index (χ4n) is 2.77. The highest BCUT2D eigenvalue weighted by atomic mass is 16.3. The van der Waals surface area contributed by atoms with Crippen molar-refractivity contribution in [3.8, 4) is 0 Å². The van der Waals surface area contributed by atoms with Crippen LogP contribution in [0, 0.1) is 0 Å². The average molecular weight is 327 g/mol. The van der Waals surface area contributed by atoms with Crippen molar-refractivity contribution in [3.63, 3.8) is 0 Å². The number of rotatable bonds is 3. The maximum atomic E-state index is 12.3. The first-order chi connectivity index (χ1) is 11.7. The third-order valence-corrected chi connectivity index (χ3v) is 4.09. The second-order valence-electron chi connectivity index (χ2n) is 5.75. The summed E-state index contributed by atoms with van der Waals surface area (Å²) in [7, 11) is 0. The van der Waals surface area contributed by atoms with Gasteiger partial charge in [-0.3, -0.25) is 4.79 Å². The lowest BCUT2D eigenvalue weighted by molar-refractivity contribution is 0.0730. The summed E-state index contributed by atoms with van der Waals surface area (Å²) in [5.41, 5.74) is 1.07. The van der Waals surface area contributed by atoms with Crippen molar-refractivity contribution in [2.75, 3.05) is 26.2 Å². The zero-order valence-electron chi connectivity index (χ0n) is 13.5. The van der Waals surface area contributed by atoms with Gasteiger partial charge in [-0.05, 0) is 24.1 Å². The van der Waals surface area contributed by atoms with Gasteiger partial charge in [0.2, 0.25) is 0 Å².